The highest BCUT2D eigenvalue weighted by molar-refractivity contribution is 6.09. The van der Waals surface area contributed by atoms with Gasteiger partial charge in [0.2, 0.25) is 0 Å². The molecule has 1 fully saturated rings. The molecule has 2 aromatic rings. The molecule has 1 aliphatic rings. The third-order valence-electron chi connectivity index (χ3n) is 4.79. The number of benzene rings is 2. The summed E-state index contributed by atoms with van der Waals surface area (Å²) in [7, 11) is 3.02. The quantitative estimate of drug-likeness (QED) is 0.722. The van der Waals surface area contributed by atoms with Gasteiger partial charge in [-0.15, -0.1) is 12.4 Å². The van der Waals surface area contributed by atoms with Crippen LogP contribution < -0.4 is 20.5 Å². The van der Waals surface area contributed by atoms with Gasteiger partial charge in [-0.3, -0.25) is 9.59 Å². The number of halogens is 1. The molecule has 0 aliphatic carbocycles. The van der Waals surface area contributed by atoms with Gasteiger partial charge in [-0.1, -0.05) is 6.07 Å². The van der Waals surface area contributed by atoms with Crippen molar-refractivity contribution in [2.75, 3.05) is 38.4 Å². The van der Waals surface area contributed by atoms with Crippen LogP contribution in [0.15, 0.2) is 36.4 Å². The summed E-state index contributed by atoms with van der Waals surface area (Å²) >= 11 is 0. The van der Waals surface area contributed by atoms with Crippen LogP contribution in [0, 0.1) is 0 Å². The summed E-state index contributed by atoms with van der Waals surface area (Å²) in [6, 6.07) is 9.89. The van der Waals surface area contributed by atoms with Crippen molar-refractivity contribution in [3.05, 3.63) is 47.5 Å². The van der Waals surface area contributed by atoms with Crippen molar-refractivity contribution in [2.24, 2.45) is 0 Å². The van der Waals surface area contributed by atoms with E-state index >= 15 is 0 Å². The van der Waals surface area contributed by atoms with Crippen molar-refractivity contribution >= 4 is 35.6 Å². The second-order valence-electron chi connectivity index (χ2n) is 6.69. The van der Waals surface area contributed by atoms with Crippen LogP contribution in [-0.2, 0) is 0 Å². The second kappa shape index (κ2) is 10.0. The first-order valence-electron chi connectivity index (χ1n) is 9.25. The van der Waals surface area contributed by atoms with Gasteiger partial charge in [0, 0.05) is 30.4 Å². The van der Waals surface area contributed by atoms with E-state index in [1.54, 1.807) is 41.3 Å². The Hall–Kier alpha value is -2.93. The lowest BCUT2D eigenvalue weighted by Crippen LogP contribution is -2.36. The monoisotopic (exact) mass is 419 g/mol. The van der Waals surface area contributed by atoms with Crippen molar-refractivity contribution in [2.45, 2.75) is 19.3 Å². The number of ether oxygens (including phenoxy) is 2. The average molecular weight is 420 g/mol. The van der Waals surface area contributed by atoms with Crippen LogP contribution in [0.2, 0.25) is 0 Å². The highest BCUT2D eigenvalue weighted by Crippen LogP contribution is 2.34. The van der Waals surface area contributed by atoms with Crippen LogP contribution in [0.5, 0.6) is 11.5 Å². The molecular weight excluding hydrogens is 394 g/mol. The largest absolute Gasteiger partial charge is 0.493 e. The molecule has 1 heterocycles. The SMILES string of the molecule is COc1cc(NC(=O)c2cccc(N)c2)c(C(=O)N2CCCCC2)cc1OC.Cl. The first-order chi connectivity index (χ1) is 13.5. The van der Waals surface area contributed by atoms with Crippen LogP contribution in [0.4, 0.5) is 11.4 Å². The van der Waals surface area contributed by atoms with E-state index in [4.69, 9.17) is 15.2 Å². The van der Waals surface area contributed by atoms with Crippen molar-refractivity contribution in [3.8, 4) is 11.5 Å². The number of carbonyl (C=O) groups is 2. The van der Waals surface area contributed by atoms with Gasteiger partial charge in [-0.2, -0.15) is 0 Å². The molecule has 0 spiro atoms. The Kier molecular flexibility index (Phi) is 7.73. The average Bonchev–Trinajstić information content (AvgIpc) is 2.73. The fourth-order valence-electron chi connectivity index (χ4n) is 3.30. The number of nitrogens with one attached hydrogen (secondary N) is 1. The van der Waals surface area contributed by atoms with Gasteiger partial charge in [0.25, 0.3) is 11.8 Å². The number of nitrogen functional groups attached to an aromatic ring is 1. The minimum absolute atomic E-state index is 0. The normalized spacial score (nSPS) is 13.2. The zero-order valence-electron chi connectivity index (χ0n) is 16.6. The van der Waals surface area contributed by atoms with Crippen molar-refractivity contribution in [1.82, 2.24) is 4.90 Å². The summed E-state index contributed by atoms with van der Waals surface area (Å²) in [5, 5.41) is 2.82. The molecule has 0 bridgehead atoms. The maximum absolute atomic E-state index is 13.1. The molecular formula is C21H26ClN3O4. The molecule has 2 amide bonds. The predicted octanol–water partition coefficient (Wildman–Crippen LogP) is 3.59. The number of hydrogen-bond acceptors (Lipinski definition) is 5. The zero-order valence-corrected chi connectivity index (χ0v) is 17.4. The summed E-state index contributed by atoms with van der Waals surface area (Å²) in [5.74, 6) is 0.376. The Morgan fingerprint density at radius 3 is 2.28 bits per heavy atom. The van der Waals surface area contributed by atoms with E-state index in [0.29, 0.717) is 47.1 Å². The zero-order chi connectivity index (χ0) is 20.1. The van der Waals surface area contributed by atoms with Gasteiger partial charge in [0.15, 0.2) is 11.5 Å². The number of amides is 2. The Labute approximate surface area is 176 Å². The highest BCUT2D eigenvalue weighted by atomic mass is 35.5. The minimum atomic E-state index is -0.354. The number of carbonyl (C=O) groups excluding carboxylic acids is 2. The Bertz CT molecular complexity index is 882. The molecule has 3 N–H and O–H groups in total. The molecule has 29 heavy (non-hydrogen) atoms. The van der Waals surface area contributed by atoms with Crippen LogP contribution >= 0.6 is 12.4 Å². The molecule has 0 unspecified atom stereocenters. The van der Waals surface area contributed by atoms with Crippen molar-refractivity contribution in [1.29, 1.82) is 0 Å². The topological polar surface area (TPSA) is 93.9 Å². The van der Waals surface area contributed by atoms with Gasteiger partial charge >= 0.3 is 0 Å². The first-order valence-corrected chi connectivity index (χ1v) is 9.25. The van der Waals surface area contributed by atoms with E-state index in [-0.39, 0.29) is 24.2 Å². The molecule has 0 aromatic heterocycles. The lowest BCUT2D eigenvalue weighted by molar-refractivity contribution is 0.0725. The Morgan fingerprint density at radius 1 is 1.00 bits per heavy atom. The number of methoxy groups -OCH3 is 2. The minimum Gasteiger partial charge on any atom is -0.493 e. The van der Waals surface area contributed by atoms with Crippen molar-refractivity contribution < 1.29 is 19.1 Å². The maximum atomic E-state index is 13.1. The van der Waals surface area contributed by atoms with E-state index < -0.39 is 0 Å². The molecule has 0 atom stereocenters. The summed E-state index contributed by atoms with van der Waals surface area (Å²) in [5.41, 5.74) is 7.42. The number of rotatable bonds is 5. The number of nitrogens with two attached hydrogens (primary N) is 1. The van der Waals surface area contributed by atoms with E-state index in [2.05, 4.69) is 5.32 Å². The van der Waals surface area contributed by atoms with Crippen LogP contribution in [0.3, 0.4) is 0 Å². The standard InChI is InChI=1S/C21H25N3O4.ClH/c1-27-18-12-16(21(26)24-9-4-3-5-10-24)17(13-19(18)28-2)23-20(25)14-7-6-8-15(22)11-14;/h6-8,11-13H,3-5,9-10,22H2,1-2H3,(H,23,25);1H. The third kappa shape index (κ3) is 5.12. The van der Waals surface area contributed by atoms with Gasteiger partial charge in [-0.25, -0.2) is 0 Å². The number of hydrogen-bond donors (Lipinski definition) is 2. The molecule has 2 aromatic carbocycles. The second-order valence-corrected chi connectivity index (χ2v) is 6.69. The molecule has 0 radical (unpaired) electrons. The Morgan fingerprint density at radius 2 is 1.66 bits per heavy atom. The summed E-state index contributed by atoms with van der Waals surface area (Å²) < 4.78 is 10.7. The highest BCUT2D eigenvalue weighted by Gasteiger charge is 2.24. The van der Waals surface area contributed by atoms with E-state index in [1.165, 1.54) is 14.2 Å². The molecule has 156 valence electrons. The van der Waals surface area contributed by atoms with Gasteiger partial charge < -0.3 is 25.4 Å². The number of anilines is 2. The lowest BCUT2D eigenvalue weighted by atomic mass is 10.1. The fraction of sp³-hybridized carbons (Fsp3) is 0.333. The molecule has 3 rings (SSSR count). The molecule has 1 saturated heterocycles. The predicted molar refractivity (Wildman–Crippen MR) is 115 cm³/mol. The number of nitrogens with zero attached hydrogens (tertiary/aromatic N) is 1. The van der Waals surface area contributed by atoms with E-state index in [9.17, 15) is 9.59 Å². The van der Waals surface area contributed by atoms with Crippen LogP contribution in [0.25, 0.3) is 0 Å². The Balaban J connectivity index is 0.00000300. The lowest BCUT2D eigenvalue weighted by Gasteiger charge is -2.28. The molecule has 1 aliphatic heterocycles. The third-order valence-corrected chi connectivity index (χ3v) is 4.79. The summed E-state index contributed by atoms with van der Waals surface area (Å²) in [4.78, 5) is 27.6. The molecule has 8 heteroatoms. The molecule has 0 saturated carbocycles. The van der Waals surface area contributed by atoms with Crippen molar-refractivity contribution in [3.63, 3.8) is 0 Å². The van der Waals surface area contributed by atoms with Gasteiger partial charge in [0.1, 0.15) is 0 Å². The fourth-order valence-corrected chi connectivity index (χ4v) is 3.30. The van der Waals surface area contributed by atoms with Crippen LogP contribution in [0.1, 0.15) is 40.0 Å². The summed E-state index contributed by atoms with van der Waals surface area (Å²) in [6.45, 7) is 1.41. The first kappa shape index (κ1) is 22.4. The van der Waals surface area contributed by atoms with E-state index in [0.717, 1.165) is 19.3 Å². The van der Waals surface area contributed by atoms with Gasteiger partial charge in [-0.05, 0) is 43.5 Å². The maximum Gasteiger partial charge on any atom is 0.256 e. The van der Waals surface area contributed by atoms with Crippen LogP contribution in [-0.4, -0.2) is 44.0 Å². The molecule has 7 nitrogen and oxygen atoms in total. The summed E-state index contributed by atoms with van der Waals surface area (Å²) in [6.07, 6.45) is 3.07. The number of likely N-dealkylation sites (tertiary alicyclic amines) is 1. The smallest absolute Gasteiger partial charge is 0.256 e. The number of piperidine rings is 1. The van der Waals surface area contributed by atoms with E-state index in [1.807, 2.05) is 0 Å². The van der Waals surface area contributed by atoms with Gasteiger partial charge in [0.05, 0.1) is 25.5 Å².